The number of nitrogens with zero attached hydrogens (tertiary/aromatic N) is 2. The largest absolute Gasteiger partial charge is 0.305 e. The number of likely N-dealkylation sites (N-methyl/N-ethyl adjacent to an activating group) is 1. The average molecular weight is 230 g/mol. The summed E-state index contributed by atoms with van der Waals surface area (Å²) in [7, 11) is 2.25. The Balaban J connectivity index is 2.37. The molecule has 1 heterocycles. The van der Waals surface area contributed by atoms with Gasteiger partial charge in [0, 0.05) is 12.6 Å². The zero-order valence-corrected chi connectivity index (χ0v) is 11.2. The van der Waals surface area contributed by atoms with Crippen molar-refractivity contribution in [1.82, 2.24) is 9.80 Å². The van der Waals surface area contributed by atoms with Gasteiger partial charge in [0.15, 0.2) is 0 Å². The highest BCUT2D eigenvalue weighted by molar-refractivity contribution is 7.80. The van der Waals surface area contributed by atoms with Crippen molar-refractivity contribution in [2.75, 3.05) is 39.0 Å². The Labute approximate surface area is 100 Å². The molecule has 0 amide bonds. The molecule has 0 aromatic rings. The summed E-state index contributed by atoms with van der Waals surface area (Å²) in [6.07, 6.45) is 5.18. The van der Waals surface area contributed by atoms with Gasteiger partial charge in [0.25, 0.3) is 0 Å². The first-order chi connectivity index (χ1) is 7.27. The molecule has 1 aliphatic heterocycles. The molecule has 1 saturated heterocycles. The van der Waals surface area contributed by atoms with E-state index in [0.717, 1.165) is 11.8 Å². The molecular formula is C12H26N2S. The molecule has 0 aliphatic carbocycles. The van der Waals surface area contributed by atoms with Crippen LogP contribution in [-0.4, -0.2) is 54.8 Å². The predicted octanol–water partition coefficient (Wildman–Crippen LogP) is 2.11. The number of hydrogen-bond donors (Lipinski definition) is 1. The molecule has 90 valence electrons. The van der Waals surface area contributed by atoms with E-state index in [4.69, 9.17) is 0 Å². The van der Waals surface area contributed by atoms with Gasteiger partial charge in [-0.15, -0.1) is 0 Å². The van der Waals surface area contributed by atoms with Crippen LogP contribution in [-0.2, 0) is 0 Å². The van der Waals surface area contributed by atoms with Gasteiger partial charge >= 0.3 is 0 Å². The minimum atomic E-state index is 0.775. The van der Waals surface area contributed by atoms with Crippen molar-refractivity contribution in [3.63, 3.8) is 0 Å². The third kappa shape index (κ3) is 4.75. The van der Waals surface area contributed by atoms with Crippen molar-refractivity contribution < 1.29 is 0 Å². The maximum absolute atomic E-state index is 4.27. The standard InChI is InChI=1S/C12H26N2S/c1-3-12-11-13(2)7-6-9-14(12)8-4-5-10-15/h12,15H,3-11H2,1-2H3. The molecular weight excluding hydrogens is 204 g/mol. The van der Waals surface area contributed by atoms with Gasteiger partial charge in [-0.2, -0.15) is 12.6 Å². The van der Waals surface area contributed by atoms with Crippen LogP contribution in [0.1, 0.15) is 32.6 Å². The molecule has 0 radical (unpaired) electrons. The third-order valence-electron chi connectivity index (χ3n) is 3.35. The van der Waals surface area contributed by atoms with Gasteiger partial charge in [0.1, 0.15) is 0 Å². The van der Waals surface area contributed by atoms with Crippen LogP contribution in [0.5, 0.6) is 0 Å². The summed E-state index contributed by atoms with van der Waals surface area (Å²) in [5.41, 5.74) is 0. The smallest absolute Gasteiger partial charge is 0.0220 e. The summed E-state index contributed by atoms with van der Waals surface area (Å²) in [6, 6.07) is 0.775. The Morgan fingerprint density at radius 3 is 2.73 bits per heavy atom. The van der Waals surface area contributed by atoms with Crippen molar-refractivity contribution >= 4 is 12.6 Å². The van der Waals surface area contributed by atoms with E-state index in [1.54, 1.807) is 0 Å². The van der Waals surface area contributed by atoms with Gasteiger partial charge in [-0.3, -0.25) is 4.90 Å². The second-order valence-corrected chi connectivity index (χ2v) is 5.09. The number of thiol groups is 1. The monoisotopic (exact) mass is 230 g/mol. The van der Waals surface area contributed by atoms with E-state index < -0.39 is 0 Å². The Morgan fingerprint density at radius 1 is 1.27 bits per heavy atom. The minimum absolute atomic E-state index is 0.775. The van der Waals surface area contributed by atoms with Crippen LogP contribution < -0.4 is 0 Å². The summed E-state index contributed by atoms with van der Waals surface area (Å²) < 4.78 is 0. The van der Waals surface area contributed by atoms with Gasteiger partial charge in [0.05, 0.1) is 0 Å². The number of rotatable bonds is 5. The van der Waals surface area contributed by atoms with E-state index >= 15 is 0 Å². The third-order valence-corrected chi connectivity index (χ3v) is 3.66. The zero-order chi connectivity index (χ0) is 11.1. The van der Waals surface area contributed by atoms with Crippen LogP contribution in [0.3, 0.4) is 0 Å². The maximum atomic E-state index is 4.27. The highest BCUT2D eigenvalue weighted by atomic mass is 32.1. The van der Waals surface area contributed by atoms with Gasteiger partial charge in [-0.25, -0.2) is 0 Å². The van der Waals surface area contributed by atoms with E-state index in [0.29, 0.717) is 0 Å². The molecule has 0 aromatic heterocycles. The van der Waals surface area contributed by atoms with Crippen LogP contribution in [0, 0.1) is 0 Å². The van der Waals surface area contributed by atoms with Crippen LogP contribution in [0.2, 0.25) is 0 Å². The lowest BCUT2D eigenvalue weighted by Crippen LogP contribution is -2.40. The molecule has 1 atom stereocenters. The lowest BCUT2D eigenvalue weighted by Gasteiger charge is -2.30. The van der Waals surface area contributed by atoms with E-state index in [9.17, 15) is 0 Å². The van der Waals surface area contributed by atoms with Gasteiger partial charge in [0.2, 0.25) is 0 Å². The molecule has 1 fully saturated rings. The van der Waals surface area contributed by atoms with E-state index in [2.05, 4.69) is 36.4 Å². The normalized spacial score (nSPS) is 25.4. The number of hydrogen-bond acceptors (Lipinski definition) is 3. The fourth-order valence-electron chi connectivity index (χ4n) is 2.40. The Hall–Kier alpha value is 0.270. The Bertz CT molecular complexity index is 164. The van der Waals surface area contributed by atoms with Gasteiger partial charge < -0.3 is 4.90 Å². The molecule has 1 rings (SSSR count). The first kappa shape index (κ1) is 13.3. The molecule has 0 aromatic carbocycles. The van der Waals surface area contributed by atoms with Crippen molar-refractivity contribution in [3.8, 4) is 0 Å². The SMILES string of the molecule is CCC1CN(C)CCCN1CCCCS. The average Bonchev–Trinajstić information content (AvgIpc) is 2.41. The van der Waals surface area contributed by atoms with Crippen LogP contribution in [0.4, 0.5) is 0 Å². The molecule has 0 N–H and O–H groups in total. The molecule has 3 heteroatoms. The predicted molar refractivity (Wildman–Crippen MR) is 70.9 cm³/mol. The number of unbranched alkanes of at least 4 members (excludes halogenated alkanes) is 1. The lowest BCUT2D eigenvalue weighted by molar-refractivity contribution is 0.181. The fourth-order valence-corrected chi connectivity index (χ4v) is 2.62. The van der Waals surface area contributed by atoms with E-state index in [1.165, 1.54) is 51.9 Å². The summed E-state index contributed by atoms with van der Waals surface area (Å²) in [5, 5.41) is 0. The fraction of sp³-hybridized carbons (Fsp3) is 1.00. The Morgan fingerprint density at radius 2 is 2.07 bits per heavy atom. The molecule has 2 nitrogen and oxygen atoms in total. The van der Waals surface area contributed by atoms with Crippen LogP contribution in [0.15, 0.2) is 0 Å². The van der Waals surface area contributed by atoms with Crippen molar-refractivity contribution in [3.05, 3.63) is 0 Å². The molecule has 1 unspecified atom stereocenters. The summed E-state index contributed by atoms with van der Waals surface area (Å²) in [5.74, 6) is 1.03. The molecule has 0 spiro atoms. The van der Waals surface area contributed by atoms with E-state index in [1.807, 2.05) is 0 Å². The first-order valence-electron chi connectivity index (χ1n) is 6.31. The first-order valence-corrected chi connectivity index (χ1v) is 6.94. The van der Waals surface area contributed by atoms with Crippen LogP contribution in [0.25, 0.3) is 0 Å². The second-order valence-electron chi connectivity index (χ2n) is 4.64. The molecule has 0 bridgehead atoms. The molecule has 1 aliphatic rings. The highest BCUT2D eigenvalue weighted by Gasteiger charge is 2.20. The highest BCUT2D eigenvalue weighted by Crippen LogP contribution is 2.12. The topological polar surface area (TPSA) is 6.48 Å². The maximum Gasteiger partial charge on any atom is 0.0220 e. The lowest BCUT2D eigenvalue weighted by atomic mass is 10.1. The quantitative estimate of drug-likeness (QED) is 0.571. The molecule has 15 heavy (non-hydrogen) atoms. The van der Waals surface area contributed by atoms with Gasteiger partial charge in [-0.1, -0.05) is 6.92 Å². The van der Waals surface area contributed by atoms with Crippen molar-refractivity contribution in [1.29, 1.82) is 0 Å². The van der Waals surface area contributed by atoms with Crippen LogP contribution >= 0.6 is 12.6 Å². The summed E-state index contributed by atoms with van der Waals surface area (Å²) in [4.78, 5) is 5.17. The van der Waals surface area contributed by atoms with Gasteiger partial charge in [-0.05, 0) is 58.1 Å². The molecule has 0 saturated carbocycles. The second kappa shape index (κ2) is 7.53. The van der Waals surface area contributed by atoms with Crippen molar-refractivity contribution in [2.45, 2.75) is 38.6 Å². The minimum Gasteiger partial charge on any atom is -0.305 e. The Kier molecular flexibility index (Phi) is 6.69. The summed E-state index contributed by atoms with van der Waals surface area (Å²) in [6.45, 7) is 7.38. The van der Waals surface area contributed by atoms with Crippen molar-refractivity contribution in [2.24, 2.45) is 0 Å². The summed E-state index contributed by atoms with van der Waals surface area (Å²) >= 11 is 4.27. The zero-order valence-electron chi connectivity index (χ0n) is 10.3. The van der Waals surface area contributed by atoms with E-state index in [-0.39, 0.29) is 0 Å².